The highest BCUT2D eigenvalue weighted by Gasteiger charge is 2.35. The number of nitrogens with one attached hydrogen (secondary N) is 1. The van der Waals surface area contributed by atoms with Gasteiger partial charge in [0.2, 0.25) is 0 Å². The van der Waals surface area contributed by atoms with Crippen molar-refractivity contribution < 1.29 is 13.2 Å². The molecule has 0 saturated heterocycles. The van der Waals surface area contributed by atoms with Gasteiger partial charge in [-0.05, 0) is 31.7 Å². The van der Waals surface area contributed by atoms with Crippen LogP contribution in [0.15, 0.2) is 36.5 Å². The van der Waals surface area contributed by atoms with Gasteiger partial charge in [0.1, 0.15) is 5.82 Å². The number of aryl methyl sites for hydroxylation is 1. The maximum absolute atomic E-state index is 13.1. The first-order chi connectivity index (χ1) is 9.43. The van der Waals surface area contributed by atoms with Gasteiger partial charge in [-0.3, -0.25) is 0 Å². The summed E-state index contributed by atoms with van der Waals surface area (Å²) in [6.07, 6.45) is -2.86. The Hall–Kier alpha value is -1.95. The molecule has 2 aromatic rings. The van der Waals surface area contributed by atoms with E-state index in [1.54, 1.807) is 26.1 Å². The fourth-order valence-electron chi connectivity index (χ4n) is 2.10. The van der Waals surface area contributed by atoms with Gasteiger partial charge in [0.05, 0.1) is 17.3 Å². The van der Waals surface area contributed by atoms with Crippen molar-refractivity contribution >= 4 is 0 Å². The molecule has 20 heavy (non-hydrogen) atoms. The van der Waals surface area contributed by atoms with Crippen LogP contribution in [0.2, 0.25) is 0 Å². The van der Waals surface area contributed by atoms with Gasteiger partial charge < -0.3 is 5.32 Å². The second-order valence-electron chi connectivity index (χ2n) is 4.34. The molecule has 2 rings (SSSR count). The smallest absolute Gasteiger partial charge is 0.308 e. The Balaban J connectivity index is 2.53. The summed E-state index contributed by atoms with van der Waals surface area (Å²) in [5.74, 6) is 0.521. The van der Waals surface area contributed by atoms with E-state index < -0.39 is 17.8 Å². The molecule has 0 aliphatic rings. The molecule has 1 aromatic heterocycles. The van der Waals surface area contributed by atoms with Gasteiger partial charge in [-0.1, -0.05) is 18.2 Å². The number of hydrogen-bond acceptors (Lipinski definition) is 3. The van der Waals surface area contributed by atoms with Crippen LogP contribution < -0.4 is 5.32 Å². The Labute approximate surface area is 114 Å². The van der Waals surface area contributed by atoms with E-state index in [0.29, 0.717) is 11.5 Å². The molecule has 3 nitrogen and oxygen atoms in total. The largest absolute Gasteiger partial charge is 0.416 e. The number of aromatic nitrogens is 2. The van der Waals surface area contributed by atoms with Crippen LogP contribution in [0.1, 0.15) is 28.7 Å². The standard InChI is InChI=1S/C14H14F3N3/c1-9-19-8-7-12(20-9)13(18-2)10-5-3-4-6-11(10)14(15,16)17/h3-8,13,18H,1-2H3. The lowest BCUT2D eigenvalue weighted by molar-refractivity contribution is -0.138. The van der Waals surface area contributed by atoms with E-state index in [2.05, 4.69) is 15.3 Å². The zero-order valence-corrected chi connectivity index (χ0v) is 11.1. The molecule has 0 spiro atoms. The third-order valence-electron chi connectivity index (χ3n) is 2.96. The van der Waals surface area contributed by atoms with E-state index in [0.717, 1.165) is 6.07 Å². The molecule has 106 valence electrons. The third-order valence-corrected chi connectivity index (χ3v) is 2.96. The lowest BCUT2D eigenvalue weighted by atomic mass is 9.97. The van der Waals surface area contributed by atoms with Crippen LogP contribution in [0.25, 0.3) is 0 Å². The highest BCUT2D eigenvalue weighted by Crippen LogP contribution is 2.35. The first-order valence-electron chi connectivity index (χ1n) is 6.06. The van der Waals surface area contributed by atoms with Crippen LogP contribution in [0, 0.1) is 6.92 Å². The molecule has 0 fully saturated rings. The molecule has 1 unspecified atom stereocenters. The molecule has 1 aromatic carbocycles. The predicted octanol–water partition coefficient (Wildman–Crippen LogP) is 3.11. The molecule has 0 aliphatic carbocycles. The molecule has 6 heteroatoms. The van der Waals surface area contributed by atoms with Crippen molar-refractivity contribution in [1.82, 2.24) is 15.3 Å². The van der Waals surface area contributed by atoms with Crippen LogP contribution in [-0.4, -0.2) is 17.0 Å². The van der Waals surface area contributed by atoms with Crippen LogP contribution >= 0.6 is 0 Å². The Morgan fingerprint density at radius 1 is 1.15 bits per heavy atom. The van der Waals surface area contributed by atoms with Gasteiger partial charge in [-0.25, -0.2) is 9.97 Å². The molecule has 1 heterocycles. The lowest BCUT2D eigenvalue weighted by Crippen LogP contribution is -2.23. The van der Waals surface area contributed by atoms with Gasteiger partial charge in [0.15, 0.2) is 0 Å². The van der Waals surface area contributed by atoms with E-state index >= 15 is 0 Å². The monoisotopic (exact) mass is 281 g/mol. The van der Waals surface area contributed by atoms with Crippen molar-refractivity contribution in [1.29, 1.82) is 0 Å². The number of alkyl halides is 3. The van der Waals surface area contributed by atoms with Crippen molar-refractivity contribution in [3.05, 3.63) is 59.2 Å². The SMILES string of the molecule is CNC(c1ccnc(C)n1)c1ccccc1C(F)(F)F. The summed E-state index contributed by atoms with van der Waals surface area (Å²) in [6.45, 7) is 1.70. The average molecular weight is 281 g/mol. The second kappa shape index (κ2) is 5.58. The number of nitrogens with zero attached hydrogens (tertiary/aromatic N) is 2. The molecule has 0 radical (unpaired) electrons. The van der Waals surface area contributed by atoms with E-state index in [9.17, 15) is 13.2 Å². The molecular formula is C14H14F3N3. The molecule has 1 N–H and O–H groups in total. The summed E-state index contributed by atoms with van der Waals surface area (Å²) in [7, 11) is 1.61. The van der Waals surface area contributed by atoms with Gasteiger partial charge in [0.25, 0.3) is 0 Å². The third kappa shape index (κ3) is 2.96. The first kappa shape index (κ1) is 14.5. The molecular weight excluding hydrogens is 267 g/mol. The maximum atomic E-state index is 13.1. The fraction of sp³-hybridized carbons (Fsp3) is 0.286. The molecule has 0 saturated carbocycles. The van der Waals surface area contributed by atoms with Crippen molar-refractivity contribution in [3.8, 4) is 0 Å². The maximum Gasteiger partial charge on any atom is 0.416 e. The van der Waals surface area contributed by atoms with Crippen LogP contribution in [0.4, 0.5) is 13.2 Å². The predicted molar refractivity (Wildman–Crippen MR) is 69.1 cm³/mol. The van der Waals surface area contributed by atoms with Crippen molar-refractivity contribution in [2.45, 2.75) is 19.1 Å². The number of hydrogen-bond donors (Lipinski definition) is 1. The fourth-order valence-corrected chi connectivity index (χ4v) is 2.10. The minimum Gasteiger partial charge on any atom is -0.308 e. The first-order valence-corrected chi connectivity index (χ1v) is 6.06. The highest BCUT2D eigenvalue weighted by atomic mass is 19.4. The van der Waals surface area contributed by atoms with Gasteiger partial charge in [-0.2, -0.15) is 13.2 Å². The summed E-state index contributed by atoms with van der Waals surface area (Å²) in [6, 6.07) is 6.48. The van der Waals surface area contributed by atoms with E-state index in [-0.39, 0.29) is 5.56 Å². The van der Waals surface area contributed by atoms with Crippen molar-refractivity contribution in [2.24, 2.45) is 0 Å². The minimum atomic E-state index is -4.40. The van der Waals surface area contributed by atoms with Crippen LogP contribution in [-0.2, 0) is 6.18 Å². The number of rotatable bonds is 3. The summed E-state index contributed by atoms with van der Waals surface area (Å²) >= 11 is 0. The van der Waals surface area contributed by atoms with Gasteiger partial charge >= 0.3 is 6.18 Å². The van der Waals surface area contributed by atoms with Crippen molar-refractivity contribution in [3.63, 3.8) is 0 Å². The Morgan fingerprint density at radius 3 is 2.45 bits per heavy atom. The molecule has 0 bridgehead atoms. The number of halogens is 3. The van der Waals surface area contributed by atoms with E-state index in [1.807, 2.05) is 0 Å². The van der Waals surface area contributed by atoms with E-state index in [4.69, 9.17) is 0 Å². The molecule has 0 aliphatic heterocycles. The zero-order valence-electron chi connectivity index (χ0n) is 11.1. The Kier molecular flexibility index (Phi) is 4.04. The summed E-state index contributed by atoms with van der Waals surface area (Å²) < 4.78 is 39.2. The highest BCUT2D eigenvalue weighted by molar-refractivity contribution is 5.36. The zero-order chi connectivity index (χ0) is 14.8. The van der Waals surface area contributed by atoms with Gasteiger partial charge in [0, 0.05) is 6.20 Å². The lowest BCUT2D eigenvalue weighted by Gasteiger charge is -2.21. The number of benzene rings is 1. The summed E-state index contributed by atoms with van der Waals surface area (Å²) in [5, 5.41) is 2.88. The van der Waals surface area contributed by atoms with E-state index in [1.165, 1.54) is 18.3 Å². The Bertz CT molecular complexity index is 596. The summed E-state index contributed by atoms with van der Waals surface area (Å²) in [4.78, 5) is 8.16. The summed E-state index contributed by atoms with van der Waals surface area (Å²) in [5.41, 5.74) is 0.00733. The molecule has 0 amide bonds. The van der Waals surface area contributed by atoms with Crippen LogP contribution in [0.5, 0.6) is 0 Å². The van der Waals surface area contributed by atoms with Crippen LogP contribution in [0.3, 0.4) is 0 Å². The van der Waals surface area contributed by atoms with Crippen molar-refractivity contribution in [2.75, 3.05) is 7.05 Å². The second-order valence-corrected chi connectivity index (χ2v) is 4.34. The average Bonchev–Trinajstić information content (AvgIpc) is 2.39. The molecule has 1 atom stereocenters. The minimum absolute atomic E-state index is 0.153. The van der Waals surface area contributed by atoms with Gasteiger partial charge in [-0.15, -0.1) is 0 Å². The Morgan fingerprint density at radius 2 is 1.85 bits per heavy atom. The quantitative estimate of drug-likeness (QED) is 0.939. The topological polar surface area (TPSA) is 37.8 Å². The normalized spacial score (nSPS) is 13.2.